The zero-order chi connectivity index (χ0) is 12.6. The fourth-order valence-electron chi connectivity index (χ4n) is 1.55. The molecule has 0 spiro atoms. The second kappa shape index (κ2) is 8.53. The maximum atomic E-state index is 11.8. The molecule has 4 heteroatoms. The van der Waals surface area contributed by atoms with Crippen molar-refractivity contribution in [3.05, 3.63) is 0 Å². The second-order valence-electron chi connectivity index (χ2n) is 4.65. The number of carbonyl (C=O) groups is 1. The minimum atomic E-state index is 0.115. The van der Waals surface area contributed by atoms with Crippen LogP contribution >= 0.6 is 0 Å². The number of nitrogens with two attached hydrogens (primary N) is 1. The van der Waals surface area contributed by atoms with Gasteiger partial charge in [-0.3, -0.25) is 4.79 Å². The number of hydrogen-bond donors (Lipinski definition) is 1. The van der Waals surface area contributed by atoms with E-state index in [1.165, 1.54) is 0 Å². The number of carbonyl (C=O) groups excluding carboxylic acids is 1. The Kier molecular flexibility index (Phi) is 8.21. The van der Waals surface area contributed by atoms with Crippen molar-refractivity contribution in [3.8, 4) is 0 Å². The summed E-state index contributed by atoms with van der Waals surface area (Å²) in [6.07, 6.45) is 2.39. The van der Waals surface area contributed by atoms with Crippen LogP contribution in [0.5, 0.6) is 0 Å². The first-order chi connectivity index (χ1) is 7.47. The van der Waals surface area contributed by atoms with Gasteiger partial charge < -0.3 is 15.5 Å². The first kappa shape index (κ1) is 15.4. The van der Waals surface area contributed by atoms with Crippen LogP contribution in [0.25, 0.3) is 0 Å². The maximum Gasteiger partial charge on any atom is 0.222 e. The Hall–Kier alpha value is -0.610. The van der Waals surface area contributed by atoms with Crippen LogP contribution in [0.1, 0.15) is 33.1 Å². The minimum Gasteiger partial charge on any atom is -0.343 e. The van der Waals surface area contributed by atoms with Crippen LogP contribution in [-0.4, -0.2) is 55.5 Å². The summed E-state index contributed by atoms with van der Waals surface area (Å²) in [5.41, 5.74) is 5.64. The average Bonchev–Trinajstić information content (AvgIpc) is 2.20. The third-order valence-corrected chi connectivity index (χ3v) is 2.58. The highest BCUT2D eigenvalue weighted by Crippen LogP contribution is 2.01. The summed E-state index contributed by atoms with van der Waals surface area (Å²) in [5, 5.41) is 0. The van der Waals surface area contributed by atoms with Crippen molar-refractivity contribution in [2.75, 3.05) is 33.7 Å². The zero-order valence-electron chi connectivity index (χ0n) is 11.2. The summed E-state index contributed by atoms with van der Waals surface area (Å²) < 4.78 is 0. The van der Waals surface area contributed by atoms with E-state index in [1.54, 1.807) is 0 Å². The molecule has 1 atom stereocenters. The Morgan fingerprint density at radius 1 is 1.31 bits per heavy atom. The van der Waals surface area contributed by atoms with E-state index in [2.05, 4.69) is 4.90 Å². The molecule has 0 radical (unpaired) electrons. The fraction of sp³-hybridized carbons (Fsp3) is 0.917. The lowest BCUT2D eigenvalue weighted by Crippen LogP contribution is -2.34. The van der Waals surface area contributed by atoms with Gasteiger partial charge in [-0.2, -0.15) is 0 Å². The third kappa shape index (κ3) is 7.65. The molecule has 96 valence electrons. The van der Waals surface area contributed by atoms with E-state index in [4.69, 9.17) is 5.73 Å². The van der Waals surface area contributed by atoms with Crippen LogP contribution in [0.2, 0.25) is 0 Å². The Labute approximate surface area is 99.8 Å². The third-order valence-electron chi connectivity index (χ3n) is 2.58. The summed E-state index contributed by atoms with van der Waals surface area (Å²) in [6.45, 7) is 6.64. The molecule has 4 nitrogen and oxygen atoms in total. The first-order valence-electron chi connectivity index (χ1n) is 6.15. The molecular formula is C12H27N3O. The number of hydrogen-bond acceptors (Lipinski definition) is 3. The Bertz CT molecular complexity index is 193. The molecule has 1 amide bonds. The minimum absolute atomic E-state index is 0.115. The topological polar surface area (TPSA) is 49.6 Å². The van der Waals surface area contributed by atoms with Gasteiger partial charge in [0.1, 0.15) is 0 Å². The summed E-state index contributed by atoms with van der Waals surface area (Å²) in [4.78, 5) is 15.9. The van der Waals surface area contributed by atoms with Gasteiger partial charge in [0.15, 0.2) is 0 Å². The molecule has 0 aromatic carbocycles. The van der Waals surface area contributed by atoms with Crippen LogP contribution < -0.4 is 5.73 Å². The van der Waals surface area contributed by atoms with Crippen LogP contribution in [0, 0.1) is 0 Å². The number of nitrogens with zero attached hydrogens (tertiary/aromatic N) is 2. The normalized spacial score (nSPS) is 12.9. The lowest BCUT2D eigenvalue weighted by molar-refractivity contribution is -0.131. The summed E-state index contributed by atoms with van der Waals surface area (Å²) in [5.74, 6) is 0.235. The van der Waals surface area contributed by atoms with Crippen LogP contribution in [-0.2, 0) is 4.79 Å². The SMILES string of the molecule is CCN(CCCN(C)C)C(=O)CCC(C)N. The van der Waals surface area contributed by atoms with Crippen molar-refractivity contribution in [1.82, 2.24) is 9.80 Å². The lowest BCUT2D eigenvalue weighted by atomic mass is 10.2. The predicted octanol–water partition coefficient (Wildman–Crippen LogP) is 0.914. The van der Waals surface area contributed by atoms with E-state index in [0.717, 1.165) is 32.5 Å². The molecule has 0 aromatic rings. The average molecular weight is 229 g/mol. The number of amides is 1. The summed E-state index contributed by atoms with van der Waals surface area (Å²) in [7, 11) is 4.10. The van der Waals surface area contributed by atoms with Gasteiger partial charge in [-0.1, -0.05) is 0 Å². The van der Waals surface area contributed by atoms with E-state index in [1.807, 2.05) is 32.8 Å². The number of rotatable bonds is 8. The summed E-state index contributed by atoms with van der Waals surface area (Å²) >= 11 is 0. The quantitative estimate of drug-likeness (QED) is 0.673. The van der Waals surface area contributed by atoms with Gasteiger partial charge in [0.05, 0.1) is 0 Å². The highest BCUT2D eigenvalue weighted by molar-refractivity contribution is 5.76. The van der Waals surface area contributed by atoms with E-state index in [9.17, 15) is 4.79 Å². The molecule has 0 saturated carbocycles. The fourth-order valence-corrected chi connectivity index (χ4v) is 1.55. The van der Waals surface area contributed by atoms with E-state index >= 15 is 0 Å². The monoisotopic (exact) mass is 229 g/mol. The van der Waals surface area contributed by atoms with E-state index in [-0.39, 0.29) is 11.9 Å². The van der Waals surface area contributed by atoms with Gasteiger partial charge in [0, 0.05) is 25.6 Å². The lowest BCUT2D eigenvalue weighted by Gasteiger charge is -2.22. The van der Waals surface area contributed by atoms with Gasteiger partial charge in [0.2, 0.25) is 5.91 Å². The first-order valence-corrected chi connectivity index (χ1v) is 6.15. The molecule has 0 aliphatic rings. The van der Waals surface area contributed by atoms with Gasteiger partial charge in [-0.25, -0.2) is 0 Å². The van der Waals surface area contributed by atoms with Crippen molar-refractivity contribution in [3.63, 3.8) is 0 Å². The van der Waals surface area contributed by atoms with Gasteiger partial charge >= 0.3 is 0 Å². The van der Waals surface area contributed by atoms with Gasteiger partial charge in [-0.15, -0.1) is 0 Å². The molecule has 0 rings (SSSR count). The molecule has 0 fully saturated rings. The largest absolute Gasteiger partial charge is 0.343 e. The molecule has 0 aromatic heterocycles. The van der Waals surface area contributed by atoms with Gasteiger partial charge in [0.25, 0.3) is 0 Å². The standard InChI is InChI=1S/C12H27N3O/c1-5-15(10-6-9-14(3)4)12(16)8-7-11(2)13/h11H,5-10,13H2,1-4H3. The van der Waals surface area contributed by atoms with Crippen molar-refractivity contribution >= 4 is 5.91 Å². The Balaban J connectivity index is 3.83. The van der Waals surface area contributed by atoms with Crippen LogP contribution in [0.4, 0.5) is 0 Å². The molecule has 16 heavy (non-hydrogen) atoms. The van der Waals surface area contributed by atoms with Crippen molar-refractivity contribution in [2.45, 2.75) is 39.2 Å². The van der Waals surface area contributed by atoms with Crippen molar-refractivity contribution in [2.24, 2.45) is 5.73 Å². The maximum absolute atomic E-state index is 11.8. The van der Waals surface area contributed by atoms with Crippen molar-refractivity contribution < 1.29 is 4.79 Å². The highest BCUT2D eigenvalue weighted by Gasteiger charge is 2.11. The van der Waals surface area contributed by atoms with Gasteiger partial charge in [-0.05, 0) is 47.3 Å². The smallest absolute Gasteiger partial charge is 0.222 e. The Morgan fingerprint density at radius 3 is 2.38 bits per heavy atom. The molecule has 1 unspecified atom stereocenters. The summed E-state index contributed by atoms with van der Waals surface area (Å²) in [6, 6.07) is 0.115. The zero-order valence-corrected chi connectivity index (χ0v) is 11.2. The molecule has 0 aliphatic carbocycles. The highest BCUT2D eigenvalue weighted by atomic mass is 16.2. The van der Waals surface area contributed by atoms with Crippen molar-refractivity contribution in [1.29, 1.82) is 0 Å². The Morgan fingerprint density at radius 2 is 1.94 bits per heavy atom. The van der Waals surface area contributed by atoms with Crippen LogP contribution in [0.3, 0.4) is 0 Å². The molecule has 0 aliphatic heterocycles. The second-order valence-corrected chi connectivity index (χ2v) is 4.65. The molecule has 0 bridgehead atoms. The predicted molar refractivity (Wildman–Crippen MR) is 68.3 cm³/mol. The van der Waals surface area contributed by atoms with E-state index < -0.39 is 0 Å². The van der Waals surface area contributed by atoms with Crippen LogP contribution in [0.15, 0.2) is 0 Å². The molecular weight excluding hydrogens is 202 g/mol. The molecule has 0 saturated heterocycles. The van der Waals surface area contributed by atoms with E-state index in [0.29, 0.717) is 6.42 Å². The molecule has 2 N–H and O–H groups in total. The molecule has 0 heterocycles.